The van der Waals surface area contributed by atoms with Crippen molar-refractivity contribution in [2.75, 3.05) is 13.2 Å². The zero-order valence-corrected chi connectivity index (χ0v) is 11.8. The first-order chi connectivity index (χ1) is 9.21. The molecule has 1 amide bonds. The first-order valence-corrected chi connectivity index (χ1v) is 6.95. The molecule has 0 aromatic heterocycles. The second-order valence-electron chi connectivity index (χ2n) is 4.57. The van der Waals surface area contributed by atoms with Gasteiger partial charge in [0.15, 0.2) is 0 Å². The summed E-state index contributed by atoms with van der Waals surface area (Å²) in [6.07, 6.45) is 2.85. The Morgan fingerprint density at radius 3 is 2.79 bits per heavy atom. The van der Waals surface area contributed by atoms with E-state index in [4.69, 9.17) is 10.5 Å². The summed E-state index contributed by atoms with van der Waals surface area (Å²) in [6, 6.07) is 7.28. The summed E-state index contributed by atoms with van der Waals surface area (Å²) < 4.78 is 5.52. The minimum atomic E-state index is -0.0918. The van der Waals surface area contributed by atoms with E-state index < -0.39 is 0 Å². The molecule has 4 heteroatoms. The van der Waals surface area contributed by atoms with Gasteiger partial charge < -0.3 is 15.8 Å². The van der Waals surface area contributed by atoms with Crippen LogP contribution in [0.15, 0.2) is 24.3 Å². The molecule has 19 heavy (non-hydrogen) atoms. The summed E-state index contributed by atoms with van der Waals surface area (Å²) in [5, 5.41) is 2.95. The molecule has 0 bridgehead atoms. The molecule has 106 valence electrons. The summed E-state index contributed by atoms with van der Waals surface area (Å²) in [5.41, 5.74) is 6.26. The monoisotopic (exact) mass is 264 g/mol. The van der Waals surface area contributed by atoms with Crippen molar-refractivity contribution in [2.24, 2.45) is 5.73 Å². The smallest absolute Gasteiger partial charge is 0.251 e. The van der Waals surface area contributed by atoms with Crippen molar-refractivity contribution in [3.8, 4) is 5.75 Å². The molecular formula is C15H24N2O2. The van der Waals surface area contributed by atoms with Crippen LogP contribution in [-0.2, 0) is 0 Å². The lowest BCUT2D eigenvalue weighted by molar-refractivity contribution is 0.0935. The van der Waals surface area contributed by atoms with Gasteiger partial charge in [-0.05, 0) is 31.0 Å². The van der Waals surface area contributed by atoms with Gasteiger partial charge in [0.05, 0.1) is 6.61 Å². The molecule has 0 aliphatic heterocycles. The van der Waals surface area contributed by atoms with Gasteiger partial charge >= 0.3 is 0 Å². The third kappa shape index (κ3) is 5.30. The molecular weight excluding hydrogens is 240 g/mol. The van der Waals surface area contributed by atoms with E-state index in [1.807, 2.05) is 19.1 Å². The maximum absolute atomic E-state index is 12.1. The normalized spacial score (nSPS) is 11.9. The van der Waals surface area contributed by atoms with Crippen LogP contribution in [0.5, 0.6) is 5.75 Å². The van der Waals surface area contributed by atoms with Crippen molar-refractivity contribution < 1.29 is 9.53 Å². The van der Waals surface area contributed by atoms with Gasteiger partial charge in [-0.2, -0.15) is 0 Å². The van der Waals surface area contributed by atoms with Gasteiger partial charge in [0, 0.05) is 18.2 Å². The highest BCUT2D eigenvalue weighted by molar-refractivity contribution is 5.94. The highest BCUT2D eigenvalue weighted by Gasteiger charge is 2.12. The SMILES string of the molecule is CCCOc1cccc(C(=O)NC(CN)CCC)c1. The molecule has 0 spiro atoms. The minimum absolute atomic E-state index is 0.0396. The van der Waals surface area contributed by atoms with Gasteiger partial charge in [-0.3, -0.25) is 4.79 Å². The Morgan fingerprint density at radius 2 is 2.16 bits per heavy atom. The molecule has 3 N–H and O–H groups in total. The number of benzene rings is 1. The minimum Gasteiger partial charge on any atom is -0.494 e. The summed E-state index contributed by atoms with van der Waals surface area (Å²) in [4.78, 5) is 12.1. The third-order valence-corrected chi connectivity index (χ3v) is 2.83. The molecule has 1 atom stereocenters. The van der Waals surface area contributed by atoms with E-state index in [0.717, 1.165) is 25.0 Å². The second-order valence-corrected chi connectivity index (χ2v) is 4.57. The third-order valence-electron chi connectivity index (χ3n) is 2.83. The van der Waals surface area contributed by atoms with Crippen molar-refractivity contribution in [3.05, 3.63) is 29.8 Å². The molecule has 0 saturated carbocycles. The number of hydrogen-bond donors (Lipinski definition) is 2. The first-order valence-electron chi connectivity index (χ1n) is 6.95. The van der Waals surface area contributed by atoms with Crippen molar-refractivity contribution in [1.29, 1.82) is 0 Å². The van der Waals surface area contributed by atoms with Crippen molar-refractivity contribution in [2.45, 2.75) is 39.2 Å². The number of ether oxygens (including phenoxy) is 1. The van der Waals surface area contributed by atoms with Crippen LogP contribution in [0.3, 0.4) is 0 Å². The van der Waals surface area contributed by atoms with E-state index >= 15 is 0 Å². The van der Waals surface area contributed by atoms with Crippen LogP contribution in [0, 0.1) is 0 Å². The van der Waals surface area contributed by atoms with Gasteiger partial charge in [0.1, 0.15) is 5.75 Å². The molecule has 1 aromatic rings. The fourth-order valence-corrected chi connectivity index (χ4v) is 1.81. The zero-order valence-electron chi connectivity index (χ0n) is 11.8. The lowest BCUT2D eigenvalue weighted by Crippen LogP contribution is -2.40. The predicted octanol–water partition coefficient (Wildman–Crippen LogP) is 2.33. The van der Waals surface area contributed by atoms with Crippen LogP contribution < -0.4 is 15.8 Å². The number of carbonyl (C=O) groups excluding carboxylic acids is 1. The number of carbonyl (C=O) groups is 1. The standard InChI is InChI=1S/C15H24N2O2/c1-3-6-13(11-16)17-15(18)12-7-5-8-14(10-12)19-9-4-2/h5,7-8,10,13H,3-4,6,9,11,16H2,1-2H3,(H,17,18). The largest absolute Gasteiger partial charge is 0.494 e. The Labute approximate surface area is 115 Å². The quantitative estimate of drug-likeness (QED) is 0.757. The van der Waals surface area contributed by atoms with Crippen molar-refractivity contribution in [1.82, 2.24) is 5.32 Å². The van der Waals surface area contributed by atoms with E-state index in [2.05, 4.69) is 12.2 Å². The van der Waals surface area contributed by atoms with Crippen molar-refractivity contribution in [3.63, 3.8) is 0 Å². The zero-order chi connectivity index (χ0) is 14.1. The van der Waals surface area contributed by atoms with E-state index in [9.17, 15) is 4.79 Å². The highest BCUT2D eigenvalue weighted by Crippen LogP contribution is 2.13. The molecule has 0 heterocycles. The van der Waals surface area contributed by atoms with E-state index in [-0.39, 0.29) is 11.9 Å². The molecule has 1 aromatic carbocycles. The molecule has 0 aliphatic rings. The summed E-state index contributed by atoms with van der Waals surface area (Å²) in [7, 11) is 0. The molecule has 1 rings (SSSR count). The molecule has 0 saturated heterocycles. The lowest BCUT2D eigenvalue weighted by atomic mass is 10.1. The Kier molecular flexibility index (Phi) is 6.97. The maximum atomic E-state index is 12.1. The molecule has 1 unspecified atom stereocenters. The second kappa shape index (κ2) is 8.53. The maximum Gasteiger partial charge on any atom is 0.251 e. The van der Waals surface area contributed by atoms with Crippen LogP contribution in [0.1, 0.15) is 43.5 Å². The van der Waals surface area contributed by atoms with Gasteiger partial charge in [-0.1, -0.05) is 26.3 Å². The fraction of sp³-hybridized carbons (Fsp3) is 0.533. The predicted molar refractivity (Wildman–Crippen MR) is 77.4 cm³/mol. The summed E-state index contributed by atoms with van der Waals surface area (Å²) in [5.74, 6) is 0.639. The number of nitrogens with two attached hydrogens (primary N) is 1. The highest BCUT2D eigenvalue weighted by atomic mass is 16.5. The van der Waals surface area contributed by atoms with E-state index in [1.54, 1.807) is 12.1 Å². The number of nitrogens with one attached hydrogen (secondary N) is 1. The molecule has 0 aliphatic carbocycles. The van der Waals surface area contributed by atoms with Crippen LogP contribution in [0.2, 0.25) is 0 Å². The number of rotatable bonds is 8. The Bertz CT molecular complexity index is 393. The molecule has 4 nitrogen and oxygen atoms in total. The average Bonchev–Trinajstić information content (AvgIpc) is 2.44. The van der Waals surface area contributed by atoms with Crippen LogP contribution in [0.4, 0.5) is 0 Å². The summed E-state index contributed by atoms with van der Waals surface area (Å²) in [6.45, 7) is 5.25. The Balaban J connectivity index is 2.65. The van der Waals surface area contributed by atoms with Gasteiger partial charge in [0.25, 0.3) is 5.91 Å². The van der Waals surface area contributed by atoms with Gasteiger partial charge in [-0.25, -0.2) is 0 Å². The number of hydrogen-bond acceptors (Lipinski definition) is 3. The Hall–Kier alpha value is -1.55. The van der Waals surface area contributed by atoms with Crippen molar-refractivity contribution >= 4 is 5.91 Å². The first kappa shape index (κ1) is 15.5. The van der Waals surface area contributed by atoms with E-state index in [0.29, 0.717) is 18.7 Å². The topological polar surface area (TPSA) is 64.3 Å². The van der Waals surface area contributed by atoms with Crippen LogP contribution in [0.25, 0.3) is 0 Å². The van der Waals surface area contributed by atoms with Gasteiger partial charge in [-0.15, -0.1) is 0 Å². The fourth-order valence-electron chi connectivity index (χ4n) is 1.81. The Morgan fingerprint density at radius 1 is 1.37 bits per heavy atom. The van der Waals surface area contributed by atoms with E-state index in [1.165, 1.54) is 0 Å². The lowest BCUT2D eigenvalue weighted by Gasteiger charge is -2.16. The average molecular weight is 264 g/mol. The summed E-state index contributed by atoms with van der Waals surface area (Å²) >= 11 is 0. The van der Waals surface area contributed by atoms with Gasteiger partial charge in [0.2, 0.25) is 0 Å². The van der Waals surface area contributed by atoms with Crippen LogP contribution >= 0.6 is 0 Å². The molecule has 0 fully saturated rings. The van der Waals surface area contributed by atoms with Crippen LogP contribution in [-0.4, -0.2) is 25.1 Å². The number of amides is 1. The molecule has 0 radical (unpaired) electrons.